The predicted octanol–water partition coefficient (Wildman–Crippen LogP) is -0.0774. The van der Waals surface area contributed by atoms with Crippen LogP contribution in [0.2, 0.25) is 0 Å². The van der Waals surface area contributed by atoms with Gasteiger partial charge in [0, 0.05) is 0 Å². The Labute approximate surface area is 42.7 Å². The van der Waals surface area contributed by atoms with Crippen LogP contribution < -0.4 is 5.73 Å². The summed E-state index contributed by atoms with van der Waals surface area (Å²) in [6, 6.07) is -0.167. The second-order valence-electron chi connectivity index (χ2n) is 2.05. The molecule has 0 bridgehead atoms. The third-order valence-electron chi connectivity index (χ3n) is 1.32. The zero-order valence-electron chi connectivity index (χ0n) is 4.13. The summed E-state index contributed by atoms with van der Waals surface area (Å²) in [5.41, 5.74) is 5.31. The van der Waals surface area contributed by atoms with E-state index in [0.29, 0.717) is 5.92 Å². The summed E-state index contributed by atoms with van der Waals surface area (Å²) < 4.78 is 0. The monoisotopic (exact) mass is 99.1 g/mol. The third-order valence-corrected chi connectivity index (χ3v) is 1.32. The van der Waals surface area contributed by atoms with Crippen molar-refractivity contribution in [2.75, 3.05) is 0 Å². The van der Waals surface area contributed by atoms with E-state index in [0.717, 1.165) is 19.1 Å². The first-order valence-corrected chi connectivity index (χ1v) is 2.55. The third kappa shape index (κ3) is 0.996. The quantitative estimate of drug-likeness (QED) is 0.492. The average molecular weight is 99.1 g/mol. The van der Waals surface area contributed by atoms with Crippen LogP contribution >= 0.6 is 0 Å². The van der Waals surface area contributed by atoms with Crippen molar-refractivity contribution in [3.8, 4) is 0 Å². The highest BCUT2D eigenvalue weighted by atomic mass is 16.1. The van der Waals surface area contributed by atoms with E-state index in [2.05, 4.69) is 0 Å². The molecule has 0 amide bonds. The Morgan fingerprint density at radius 3 is 2.43 bits per heavy atom. The molecule has 40 valence electrons. The van der Waals surface area contributed by atoms with Crippen molar-refractivity contribution in [3.63, 3.8) is 0 Å². The average Bonchev–Trinajstić information content (AvgIpc) is 2.44. The van der Waals surface area contributed by atoms with E-state index in [9.17, 15) is 4.79 Å². The molecule has 2 N–H and O–H groups in total. The lowest BCUT2D eigenvalue weighted by molar-refractivity contribution is -0.109. The summed E-state index contributed by atoms with van der Waals surface area (Å²) >= 11 is 0. The van der Waals surface area contributed by atoms with Crippen molar-refractivity contribution in [1.29, 1.82) is 0 Å². The maximum atomic E-state index is 9.86. The topological polar surface area (TPSA) is 43.1 Å². The fourth-order valence-electron chi connectivity index (χ4n) is 0.592. The summed E-state index contributed by atoms with van der Waals surface area (Å²) in [7, 11) is 0. The molecule has 0 radical (unpaired) electrons. The van der Waals surface area contributed by atoms with Crippen molar-refractivity contribution >= 4 is 6.29 Å². The van der Waals surface area contributed by atoms with E-state index in [1.807, 2.05) is 0 Å². The molecule has 1 rings (SSSR count). The molecule has 1 aliphatic carbocycles. The van der Waals surface area contributed by atoms with Crippen LogP contribution in [0.25, 0.3) is 0 Å². The zero-order valence-corrected chi connectivity index (χ0v) is 4.13. The van der Waals surface area contributed by atoms with Gasteiger partial charge in [-0.3, -0.25) is 0 Å². The highest BCUT2D eigenvalue weighted by Gasteiger charge is 2.27. The fourth-order valence-corrected chi connectivity index (χ4v) is 0.592. The summed E-state index contributed by atoms with van der Waals surface area (Å²) in [4.78, 5) is 9.86. The van der Waals surface area contributed by atoms with Gasteiger partial charge in [-0.05, 0) is 18.8 Å². The van der Waals surface area contributed by atoms with Gasteiger partial charge in [-0.15, -0.1) is 0 Å². The molecule has 2 nitrogen and oxygen atoms in total. The van der Waals surface area contributed by atoms with E-state index in [1.54, 1.807) is 0 Å². The van der Waals surface area contributed by atoms with Crippen LogP contribution in [0.15, 0.2) is 0 Å². The van der Waals surface area contributed by atoms with E-state index >= 15 is 0 Å². The van der Waals surface area contributed by atoms with Crippen molar-refractivity contribution in [3.05, 3.63) is 0 Å². The van der Waals surface area contributed by atoms with E-state index in [4.69, 9.17) is 5.73 Å². The molecule has 0 spiro atoms. The van der Waals surface area contributed by atoms with Crippen molar-refractivity contribution in [1.82, 2.24) is 0 Å². The van der Waals surface area contributed by atoms with Gasteiger partial charge in [0.1, 0.15) is 6.29 Å². The highest BCUT2D eigenvalue weighted by molar-refractivity contribution is 5.58. The predicted molar refractivity (Wildman–Crippen MR) is 26.8 cm³/mol. The van der Waals surface area contributed by atoms with Crippen molar-refractivity contribution in [2.24, 2.45) is 11.7 Å². The number of hydrogen-bond acceptors (Lipinski definition) is 2. The number of nitrogens with two attached hydrogens (primary N) is 1. The smallest absolute Gasteiger partial charge is 0.136 e. The highest BCUT2D eigenvalue weighted by Crippen LogP contribution is 2.30. The molecular formula is C5H9NO. The van der Waals surface area contributed by atoms with Crippen LogP contribution in [-0.4, -0.2) is 12.3 Å². The van der Waals surface area contributed by atoms with Gasteiger partial charge in [-0.2, -0.15) is 0 Å². The zero-order chi connectivity index (χ0) is 5.28. The number of rotatable bonds is 2. The normalized spacial score (nSPS) is 24.1. The standard InChI is InChI=1S/C5H9NO/c6-5(3-7)4-1-2-4/h3-5H,1-2,6H2. The van der Waals surface area contributed by atoms with Gasteiger partial charge in [0.15, 0.2) is 0 Å². The molecule has 0 aliphatic heterocycles. The van der Waals surface area contributed by atoms with Gasteiger partial charge in [0.2, 0.25) is 0 Å². The molecule has 0 aromatic heterocycles. The van der Waals surface area contributed by atoms with Gasteiger partial charge in [0.05, 0.1) is 6.04 Å². The SMILES string of the molecule is NC(C=O)C1CC1. The van der Waals surface area contributed by atoms with Crippen LogP contribution in [0.5, 0.6) is 0 Å². The summed E-state index contributed by atoms with van der Waals surface area (Å²) in [5.74, 6) is 0.525. The van der Waals surface area contributed by atoms with E-state index in [-0.39, 0.29) is 6.04 Å². The number of aldehydes is 1. The van der Waals surface area contributed by atoms with Crippen molar-refractivity contribution in [2.45, 2.75) is 18.9 Å². The number of carbonyl (C=O) groups is 1. The molecule has 1 unspecified atom stereocenters. The summed E-state index contributed by atoms with van der Waals surface area (Å²) in [6.07, 6.45) is 3.14. The molecular weight excluding hydrogens is 90.1 g/mol. The lowest BCUT2D eigenvalue weighted by Gasteiger charge is -1.94. The van der Waals surface area contributed by atoms with Gasteiger partial charge in [0.25, 0.3) is 0 Å². The first-order chi connectivity index (χ1) is 3.34. The van der Waals surface area contributed by atoms with E-state index < -0.39 is 0 Å². The lowest BCUT2D eigenvalue weighted by Crippen LogP contribution is -2.23. The van der Waals surface area contributed by atoms with Gasteiger partial charge in [-0.25, -0.2) is 0 Å². The van der Waals surface area contributed by atoms with Gasteiger partial charge < -0.3 is 10.5 Å². The molecule has 7 heavy (non-hydrogen) atoms. The maximum absolute atomic E-state index is 9.86. The number of carbonyl (C=O) groups excluding carboxylic acids is 1. The summed E-state index contributed by atoms with van der Waals surface area (Å²) in [6.45, 7) is 0. The van der Waals surface area contributed by atoms with Crippen LogP contribution in [-0.2, 0) is 4.79 Å². The minimum Gasteiger partial charge on any atom is -0.322 e. The van der Waals surface area contributed by atoms with Crippen LogP contribution in [0, 0.1) is 5.92 Å². The Balaban J connectivity index is 2.22. The summed E-state index contributed by atoms with van der Waals surface area (Å²) in [5, 5.41) is 0. The molecule has 1 aliphatic rings. The minimum absolute atomic E-state index is 0.167. The Morgan fingerprint density at radius 2 is 2.29 bits per heavy atom. The molecule has 1 fully saturated rings. The molecule has 0 heterocycles. The van der Waals surface area contributed by atoms with Crippen molar-refractivity contribution < 1.29 is 4.79 Å². The molecule has 0 saturated heterocycles. The Morgan fingerprint density at radius 1 is 1.71 bits per heavy atom. The number of hydrogen-bond donors (Lipinski definition) is 1. The molecule has 1 atom stereocenters. The van der Waals surface area contributed by atoms with Crippen LogP contribution in [0.4, 0.5) is 0 Å². The first-order valence-electron chi connectivity index (χ1n) is 2.55. The largest absolute Gasteiger partial charge is 0.322 e. The molecule has 2 heteroatoms. The Kier molecular flexibility index (Phi) is 1.11. The second kappa shape index (κ2) is 1.62. The van der Waals surface area contributed by atoms with E-state index in [1.165, 1.54) is 0 Å². The molecule has 1 saturated carbocycles. The minimum atomic E-state index is -0.167. The second-order valence-corrected chi connectivity index (χ2v) is 2.05. The molecule has 0 aromatic rings. The lowest BCUT2D eigenvalue weighted by atomic mass is 10.2. The fraction of sp³-hybridized carbons (Fsp3) is 0.800. The maximum Gasteiger partial charge on any atom is 0.136 e. The Bertz CT molecular complexity index is 78.1. The Hall–Kier alpha value is -0.370. The first kappa shape index (κ1) is 4.78. The van der Waals surface area contributed by atoms with Gasteiger partial charge >= 0.3 is 0 Å². The van der Waals surface area contributed by atoms with Crippen LogP contribution in [0.1, 0.15) is 12.8 Å². The van der Waals surface area contributed by atoms with Gasteiger partial charge in [-0.1, -0.05) is 0 Å². The molecule has 0 aromatic carbocycles. The van der Waals surface area contributed by atoms with Crippen LogP contribution in [0.3, 0.4) is 0 Å².